The minimum absolute atomic E-state index is 0.319. The molecule has 176 valence electrons. The van der Waals surface area contributed by atoms with Crippen molar-refractivity contribution in [3.63, 3.8) is 0 Å². The van der Waals surface area contributed by atoms with E-state index in [4.69, 9.17) is 18.6 Å². The van der Waals surface area contributed by atoms with Crippen molar-refractivity contribution in [1.29, 1.82) is 0 Å². The summed E-state index contributed by atoms with van der Waals surface area (Å²) in [5, 5.41) is 10.0. The van der Waals surface area contributed by atoms with Gasteiger partial charge >= 0.3 is 6.03 Å². The Hall–Kier alpha value is -4.17. The summed E-state index contributed by atoms with van der Waals surface area (Å²) in [4.78, 5) is 12.5. The molecule has 3 N–H and O–H groups in total. The van der Waals surface area contributed by atoms with Crippen LogP contribution in [0.25, 0.3) is 11.0 Å². The summed E-state index contributed by atoms with van der Waals surface area (Å²) in [5.74, 6) is 2.04. The second-order valence-corrected chi connectivity index (χ2v) is 7.57. The molecule has 4 rings (SSSR count). The highest BCUT2D eigenvalue weighted by atomic mass is 16.5. The largest absolute Gasteiger partial charge is 0.496 e. The van der Waals surface area contributed by atoms with Crippen LogP contribution in [-0.2, 0) is 13.1 Å². The molecule has 8 nitrogen and oxygen atoms in total. The number of methoxy groups -OCH3 is 3. The summed E-state index contributed by atoms with van der Waals surface area (Å²) in [6.45, 7) is 1.12. The van der Waals surface area contributed by atoms with Crippen LogP contribution < -0.4 is 30.2 Å². The van der Waals surface area contributed by atoms with E-state index >= 15 is 0 Å². The Balaban J connectivity index is 1.36. The summed E-state index contributed by atoms with van der Waals surface area (Å²) in [5.41, 5.74) is 4.07. The molecule has 2 amide bonds. The van der Waals surface area contributed by atoms with Gasteiger partial charge in [0.05, 0.1) is 33.2 Å². The number of nitrogens with one attached hydrogen (secondary N) is 3. The van der Waals surface area contributed by atoms with Gasteiger partial charge in [-0.15, -0.1) is 0 Å². The molecular formula is C26H27N3O5. The number of amides is 2. The van der Waals surface area contributed by atoms with E-state index in [9.17, 15) is 4.79 Å². The topological polar surface area (TPSA) is 94.0 Å². The Morgan fingerprint density at radius 1 is 0.824 bits per heavy atom. The lowest BCUT2D eigenvalue weighted by molar-refractivity contribution is 0.262. The van der Waals surface area contributed by atoms with Crippen molar-refractivity contribution in [2.45, 2.75) is 13.1 Å². The van der Waals surface area contributed by atoms with Crippen LogP contribution in [0.5, 0.6) is 17.2 Å². The number of carbonyl (C=O) groups excluding carboxylic acids is 1. The van der Waals surface area contributed by atoms with Gasteiger partial charge in [-0.3, -0.25) is 0 Å². The van der Waals surface area contributed by atoms with Gasteiger partial charge in [0.15, 0.2) is 0 Å². The molecule has 0 aliphatic rings. The Morgan fingerprint density at radius 3 is 2.26 bits per heavy atom. The smallest absolute Gasteiger partial charge is 0.323 e. The van der Waals surface area contributed by atoms with E-state index in [0.29, 0.717) is 41.7 Å². The molecule has 0 atom stereocenters. The van der Waals surface area contributed by atoms with Crippen molar-refractivity contribution in [2.75, 3.05) is 32.0 Å². The molecule has 0 aliphatic heterocycles. The van der Waals surface area contributed by atoms with Crippen molar-refractivity contribution in [2.24, 2.45) is 0 Å². The second kappa shape index (κ2) is 10.6. The second-order valence-electron chi connectivity index (χ2n) is 7.57. The van der Waals surface area contributed by atoms with Crippen LogP contribution in [0.4, 0.5) is 16.2 Å². The van der Waals surface area contributed by atoms with Gasteiger partial charge < -0.3 is 34.6 Å². The predicted molar refractivity (Wildman–Crippen MR) is 132 cm³/mol. The van der Waals surface area contributed by atoms with Gasteiger partial charge in [-0.05, 0) is 42.0 Å². The van der Waals surface area contributed by atoms with E-state index in [-0.39, 0.29) is 6.03 Å². The van der Waals surface area contributed by atoms with Crippen LogP contribution in [0, 0.1) is 0 Å². The Labute approximate surface area is 197 Å². The SMILES string of the molecule is COc1cc(OC)c(CNCc2cccc(NC(=O)Nc3ccc4occc4c3)c2)c(OC)c1. The first kappa shape index (κ1) is 23.0. The van der Waals surface area contributed by atoms with Crippen molar-refractivity contribution >= 4 is 28.4 Å². The zero-order chi connectivity index (χ0) is 23.9. The van der Waals surface area contributed by atoms with Crippen LogP contribution in [-0.4, -0.2) is 27.4 Å². The molecule has 0 aliphatic carbocycles. The number of urea groups is 1. The minimum atomic E-state index is -0.319. The van der Waals surface area contributed by atoms with Gasteiger partial charge in [-0.25, -0.2) is 4.79 Å². The number of carbonyl (C=O) groups is 1. The zero-order valence-corrected chi connectivity index (χ0v) is 19.3. The standard InChI is InChI=1S/C26H27N3O5/c1-31-21-13-24(32-2)22(25(14-21)33-3)16-27-15-17-5-4-6-19(11-17)28-26(30)29-20-7-8-23-18(12-20)9-10-34-23/h4-14,27H,15-16H2,1-3H3,(H2,28,29,30). The van der Waals surface area contributed by atoms with Crippen LogP contribution >= 0.6 is 0 Å². The molecule has 34 heavy (non-hydrogen) atoms. The molecule has 0 fully saturated rings. The fourth-order valence-electron chi connectivity index (χ4n) is 3.68. The Bertz CT molecular complexity index is 1260. The number of anilines is 2. The van der Waals surface area contributed by atoms with E-state index in [0.717, 1.165) is 22.1 Å². The number of hydrogen-bond acceptors (Lipinski definition) is 6. The fraction of sp³-hybridized carbons (Fsp3) is 0.192. The molecule has 1 aromatic heterocycles. The molecule has 0 spiro atoms. The lowest BCUT2D eigenvalue weighted by atomic mass is 10.1. The molecule has 4 aromatic rings. The van der Waals surface area contributed by atoms with E-state index in [1.165, 1.54) is 0 Å². The average Bonchev–Trinajstić information content (AvgIpc) is 3.32. The van der Waals surface area contributed by atoms with Crippen molar-refractivity contribution in [3.8, 4) is 17.2 Å². The quantitative estimate of drug-likeness (QED) is 0.309. The summed E-state index contributed by atoms with van der Waals surface area (Å²) in [7, 11) is 4.84. The van der Waals surface area contributed by atoms with Gasteiger partial charge in [0, 0.05) is 42.0 Å². The normalized spacial score (nSPS) is 10.7. The fourth-order valence-corrected chi connectivity index (χ4v) is 3.68. The molecular weight excluding hydrogens is 434 g/mol. The van der Waals surface area contributed by atoms with Crippen molar-refractivity contribution < 1.29 is 23.4 Å². The molecule has 0 unspecified atom stereocenters. The van der Waals surface area contributed by atoms with Crippen LogP contribution in [0.2, 0.25) is 0 Å². The van der Waals surface area contributed by atoms with Crippen LogP contribution in [0.15, 0.2) is 71.3 Å². The third-order valence-electron chi connectivity index (χ3n) is 5.34. The maximum absolute atomic E-state index is 12.5. The summed E-state index contributed by atoms with van der Waals surface area (Å²) in [6.07, 6.45) is 1.62. The summed E-state index contributed by atoms with van der Waals surface area (Å²) >= 11 is 0. The molecule has 3 aromatic carbocycles. The third kappa shape index (κ3) is 5.41. The molecule has 0 radical (unpaired) electrons. The Kier molecular flexibility index (Phi) is 7.19. The lowest BCUT2D eigenvalue weighted by Gasteiger charge is -2.16. The maximum atomic E-state index is 12.5. The summed E-state index contributed by atoms with van der Waals surface area (Å²) < 4.78 is 21.6. The van der Waals surface area contributed by atoms with E-state index in [1.54, 1.807) is 33.7 Å². The first-order chi connectivity index (χ1) is 16.6. The van der Waals surface area contributed by atoms with E-state index in [2.05, 4.69) is 16.0 Å². The third-order valence-corrected chi connectivity index (χ3v) is 5.34. The number of fused-ring (bicyclic) bond motifs is 1. The lowest BCUT2D eigenvalue weighted by Crippen LogP contribution is -2.19. The molecule has 0 saturated carbocycles. The maximum Gasteiger partial charge on any atom is 0.323 e. The van der Waals surface area contributed by atoms with Gasteiger partial charge in [-0.2, -0.15) is 0 Å². The first-order valence-electron chi connectivity index (χ1n) is 10.7. The summed E-state index contributed by atoms with van der Waals surface area (Å²) in [6, 6.07) is 18.3. The highest BCUT2D eigenvalue weighted by Gasteiger charge is 2.13. The van der Waals surface area contributed by atoms with E-state index < -0.39 is 0 Å². The Morgan fingerprint density at radius 2 is 1.56 bits per heavy atom. The first-order valence-corrected chi connectivity index (χ1v) is 10.7. The van der Waals surface area contributed by atoms with Crippen LogP contribution in [0.1, 0.15) is 11.1 Å². The highest BCUT2D eigenvalue weighted by Crippen LogP contribution is 2.34. The highest BCUT2D eigenvalue weighted by molar-refractivity contribution is 6.00. The number of ether oxygens (including phenoxy) is 3. The molecule has 8 heteroatoms. The van der Waals surface area contributed by atoms with Crippen molar-refractivity contribution in [3.05, 3.63) is 78.1 Å². The zero-order valence-electron chi connectivity index (χ0n) is 19.3. The average molecular weight is 462 g/mol. The molecule has 0 bridgehead atoms. The van der Waals surface area contributed by atoms with Crippen molar-refractivity contribution in [1.82, 2.24) is 5.32 Å². The molecule has 0 saturated heterocycles. The monoisotopic (exact) mass is 461 g/mol. The van der Waals surface area contributed by atoms with Gasteiger partial charge in [0.25, 0.3) is 0 Å². The van der Waals surface area contributed by atoms with Crippen LogP contribution in [0.3, 0.4) is 0 Å². The van der Waals surface area contributed by atoms with Gasteiger partial charge in [0.2, 0.25) is 0 Å². The molecule has 1 heterocycles. The number of rotatable bonds is 9. The number of benzene rings is 3. The number of hydrogen-bond donors (Lipinski definition) is 3. The van der Waals surface area contributed by atoms with Gasteiger partial charge in [0.1, 0.15) is 22.8 Å². The van der Waals surface area contributed by atoms with E-state index in [1.807, 2.05) is 54.6 Å². The van der Waals surface area contributed by atoms with Gasteiger partial charge in [-0.1, -0.05) is 12.1 Å². The predicted octanol–water partition coefficient (Wildman–Crippen LogP) is 5.39. The minimum Gasteiger partial charge on any atom is -0.496 e. The number of furan rings is 1.